The van der Waals surface area contributed by atoms with Crippen LogP contribution >= 0.6 is 0 Å². The van der Waals surface area contributed by atoms with E-state index < -0.39 is 6.73 Å². The van der Waals surface area contributed by atoms with Crippen LogP contribution in [0.25, 0.3) is 0 Å². The number of nitrogens with two attached hydrogens (primary N) is 1. The van der Waals surface area contributed by atoms with Crippen LogP contribution in [-0.2, 0) is 14.5 Å². The zero-order valence-corrected chi connectivity index (χ0v) is 16.1. The van der Waals surface area contributed by atoms with Gasteiger partial charge < -0.3 is 10.8 Å². The predicted molar refractivity (Wildman–Crippen MR) is 98.9 cm³/mol. The molecular weight excluding hydrogens is 340 g/mol. The van der Waals surface area contributed by atoms with Crippen molar-refractivity contribution >= 4 is 17.8 Å². The Morgan fingerprint density at radius 3 is 1.81 bits per heavy atom. The normalized spacial score (nSPS) is 10.9. The standard InChI is InChI=1S/C16H32N6O4/c1-4-7-10-24-21(13-23)15-18-14(17)19-16(20-15)22(25-11-8-5-2)26-12-9-6-3/h23H,4-13H2,1-3H3,(H2,17,18,19,20). The first-order chi connectivity index (χ1) is 12.7. The number of hydrogen-bond acceptors (Lipinski definition) is 10. The molecule has 150 valence electrons. The van der Waals surface area contributed by atoms with E-state index in [4.69, 9.17) is 20.2 Å². The van der Waals surface area contributed by atoms with Crippen molar-refractivity contribution in [1.82, 2.24) is 15.0 Å². The molecule has 0 aliphatic carbocycles. The van der Waals surface area contributed by atoms with Crippen LogP contribution in [0.5, 0.6) is 0 Å². The second kappa shape index (κ2) is 13.5. The molecule has 26 heavy (non-hydrogen) atoms. The van der Waals surface area contributed by atoms with Crippen LogP contribution in [0.1, 0.15) is 59.3 Å². The van der Waals surface area contributed by atoms with Gasteiger partial charge in [-0.2, -0.15) is 20.0 Å². The molecule has 10 heteroatoms. The molecule has 0 atom stereocenters. The lowest BCUT2D eigenvalue weighted by Crippen LogP contribution is -2.31. The van der Waals surface area contributed by atoms with E-state index in [0.717, 1.165) is 48.8 Å². The van der Waals surface area contributed by atoms with Crippen LogP contribution in [0.15, 0.2) is 0 Å². The van der Waals surface area contributed by atoms with Gasteiger partial charge in [0.1, 0.15) is 6.73 Å². The molecule has 0 aliphatic heterocycles. The number of hydrogen-bond donors (Lipinski definition) is 2. The molecule has 1 heterocycles. The van der Waals surface area contributed by atoms with Crippen molar-refractivity contribution in [3.05, 3.63) is 0 Å². The molecule has 0 aromatic carbocycles. The van der Waals surface area contributed by atoms with Crippen LogP contribution < -0.4 is 16.0 Å². The Morgan fingerprint density at radius 2 is 1.31 bits per heavy atom. The van der Waals surface area contributed by atoms with E-state index >= 15 is 0 Å². The molecule has 1 aromatic rings. The van der Waals surface area contributed by atoms with Crippen molar-refractivity contribution in [3.8, 4) is 0 Å². The molecule has 0 unspecified atom stereocenters. The lowest BCUT2D eigenvalue weighted by Gasteiger charge is -2.23. The number of nitrogens with zero attached hydrogens (tertiary/aromatic N) is 5. The highest BCUT2D eigenvalue weighted by atomic mass is 16.9. The molecule has 10 nitrogen and oxygen atoms in total. The topological polar surface area (TPSA) is 119 Å². The van der Waals surface area contributed by atoms with Gasteiger partial charge in [-0.3, -0.25) is 4.84 Å². The van der Waals surface area contributed by atoms with Crippen molar-refractivity contribution in [2.24, 2.45) is 0 Å². The summed E-state index contributed by atoms with van der Waals surface area (Å²) >= 11 is 0. The minimum Gasteiger partial charge on any atom is -0.374 e. The summed E-state index contributed by atoms with van der Waals surface area (Å²) in [7, 11) is 0. The van der Waals surface area contributed by atoms with Crippen LogP contribution in [0.2, 0.25) is 0 Å². The average molecular weight is 372 g/mol. The van der Waals surface area contributed by atoms with Gasteiger partial charge in [-0.25, -0.2) is 9.68 Å². The Balaban J connectivity index is 2.92. The molecule has 1 aromatic heterocycles. The molecule has 0 aliphatic rings. The second-order valence-electron chi connectivity index (χ2n) is 5.63. The number of anilines is 3. The zero-order valence-electron chi connectivity index (χ0n) is 16.1. The largest absolute Gasteiger partial charge is 0.374 e. The SMILES string of the molecule is CCCCON(CO)c1nc(N)nc(N(OCCCC)OCCCC)n1. The highest BCUT2D eigenvalue weighted by Gasteiger charge is 2.18. The molecule has 1 rings (SSSR count). The van der Waals surface area contributed by atoms with Crippen LogP contribution in [0.4, 0.5) is 17.8 Å². The van der Waals surface area contributed by atoms with E-state index in [9.17, 15) is 5.11 Å². The molecule has 0 fully saturated rings. The third-order valence-corrected chi connectivity index (χ3v) is 3.30. The van der Waals surface area contributed by atoms with Gasteiger partial charge in [0.2, 0.25) is 5.95 Å². The predicted octanol–water partition coefficient (Wildman–Crippen LogP) is 2.21. The Labute approximate surface area is 155 Å². The van der Waals surface area contributed by atoms with Crippen LogP contribution in [0, 0.1) is 0 Å². The van der Waals surface area contributed by atoms with E-state index in [1.807, 2.05) is 6.92 Å². The molecule has 0 bridgehead atoms. The number of nitrogen functional groups attached to an aromatic ring is 1. The minimum absolute atomic E-state index is 0.0225. The molecule has 0 radical (unpaired) electrons. The van der Waals surface area contributed by atoms with Gasteiger partial charge in [0.15, 0.2) is 0 Å². The number of aliphatic hydroxyl groups is 1. The van der Waals surface area contributed by atoms with E-state index in [1.165, 1.54) is 0 Å². The zero-order chi connectivity index (χ0) is 19.2. The average Bonchev–Trinajstić information content (AvgIpc) is 2.64. The summed E-state index contributed by atoms with van der Waals surface area (Å²) < 4.78 is 0. The Hall–Kier alpha value is -1.75. The lowest BCUT2D eigenvalue weighted by atomic mass is 10.4. The third-order valence-electron chi connectivity index (χ3n) is 3.30. The Bertz CT molecular complexity index is 484. The van der Waals surface area contributed by atoms with E-state index in [2.05, 4.69) is 28.8 Å². The first-order valence-electron chi connectivity index (χ1n) is 9.25. The van der Waals surface area contributed by atoms with Crippen molar-refractivity contribution in [2.45, 2.75) is 59.3 Å². The summed E-state index contributed by atoms with van der Waals surface area (Å²) in [6.45, 7) is 7.11. The summed E-state index contributed by atoms with van der Waals surface area (Å²) in [5.74, 6) is 0.178. The maximum absolute atomic E-state index is 9.53. The van der Waals surface area contributed by atoms with Crippen molar-refractivity contribution < 1.29 is 19.6 Å². The van der Waals surface area contributed by atoms with E-state index in [-0.39, 0.29) is 17.8 Å². The van der Waals surface area contributed by atoms with Crippen molar-refractivity contribution in [3.63, 3.8) is 0 Å². The monoisotopic (exact) mass is 372 g/mol. The number of aromatic nitrogens is 3. The summed E-state index contributed by atoms with van der Waals surface area (Å²) in [5, 5.41) is 11.9. The van der Waals surface area contributed by atoms with Gasteiger partial charge in [-0.15, -0.1) is 0 Å². The molecule has 0 spiro atoms. The summed E-state index contributed by atoms with van der Waals surface area (Å²) in [4.78, 5) is 29.1. The van der Waals surface area contributed by atoms with Crippen LogP contribution in [0.3, 0.4) is 0 Å². The fraction of sp³-hybridized carbons (Fsp3) is 0.812. The maximum atomic E-state index is 9.53. The fourth-order valence-corrected chi connectivity index (χ4v) is 1.78. The molecule has 3 N–H and O–H groups in total. The number of rotatable bonds is 15. The minimum atomic E-state index is -0.417. The highest BCUT2D eigenvalue weighted by molar-refractivity contribution is 5.39. The van der Waals surface area contributed by atoms with Gasteiger partial charge in [0.25, 0.3) is 11.9 Å². The summed E-state index contributed by atoms with van der Waals surface area (Å²) in [6.07, 6.45) is 5.51. The van der Waals surface area contributed by atoms with Gasteiger partial charge in [-0.1, -0.05) is 45.3 Å². The third kappa shape index (κ3) is 8.09. The molecule has 0 saturated heterocycles. The summed E-state index contributed by atoms with van der Waals surface area (Å²) in [5.41, 5.74) is 5.79. The van der Waals surface area contributed by atoms with E-state index in [0.29, 0.717) is 19.8 Å². The van der Waals surface area contributed by atoms with Gasteiger partial charge in [-0.05, 0) is 19.3 Å². The molecule has 0 saturated carbocycles. The van der Waals surface area contributed by atoms with Crippen molar-refractivity contribution in [2.75, 3.05) is 42.6 Å². The van der Waals surface area contributed by atoms with Gasteiger partial charge >= 0.3 is 0 Å². The number of unbranched alkanes of at least 4 members (excludes halogenated alkanes) is 3. The van der Waals surface area contributed by atoms with E-state index in [1.54, 1.807) is 0 Å². The molecule has 0 amide bonds. The second-order valence-corrected chi connectivity index (χ2v) is 5.63. The highest BCUT2D eigenvalue weighted by Crippen LogP contribution is 2.17. The first-order valence-corrected chi connectivity index (χ1v) is 9.25. The smallest absolute Gasteiger partial charge is 0.284 e. The maximum Gasteiger partial charge on any atom is 0.284 e. The fourth-order valence-electron chi connectivity index (χ4n) is 1.78. The Morgan fingerprint density at radius 1 is 0.808 bits per heavy atom. The van der Waals surface area contributed by atoms with Crippen molar-refractivity contribution in [1.29, 1.82) is 0 Å². The molecular formula is C16H32N6O4. The van der Waals surface area contributed by atoms with Crippen LogP contribution in [-0.4, -0.2) is 46.6 Å². The number of hydroxylamine groups is 1. The Kier molecular flexibility index (Phi) is 11.5. The summed E-state index contributed by atoms with van der Waals surface area (Å²) in [6, 6.07) is 0. The van der Waals surface area contributed by atoms with Gasteiger partial charge in [0.05, 0.1) is 19.8 Å². The quantitative estimate of drug-likeness (QED) is 0.269. The number of aliphatic hydroxyl groups excluding tert-OH is 1. The lowest BCUT2D eigenvalue weighted by molar-refractivity contribution is -0.0943. The van der Waals surface area contributed by atoms with Gasteiger partial charge in [0, 0.05) is 0 Å². The first kappa shape index (κ1) is 22.3.